The van der Waals surface area contributed by atoms with E-state index in [9.17, 15) is 8.42 Å². The lowest BCUT2D eigenvalue weighted by Gasteiger charge is -2.29. The van der Waals surface area contributed by atoms with Crippen LogP contribution in [0.1, 0.15) is 25.5 Å². The van der Waals surface area contributed by atoms with E-state index >= 15 is 0 Å². The van der Waals surface area contributed by atoms with Gasteiger partial charge < -0.3 is 9.88 Å². The lowest BCUT2D eigenvalue weighted by Crippen LogP contribution is -2.38. The van der Waals surface area contributed by atoms with Gasteiger partial charge in [-0.1, -0.05) is 6.92 Å². The highest BCUT2D eigenvalue weighted by atomic mass is 32.2. The standard InChI is InChI=1S/C13H23N3O2S/c1-11-5-4-6-16(9-11)19(17,18)13-7-12(8-14-2)15(3)10-13/h7,10-11,14H,4-6,8-9H2,1-3H3. The first-order valence-electron chi connectivity index (χ1n) is 6.75. The van der Waals surface area contributed by atoms with Gasteiger partial charge in [0.15, 0.2) is 0 Å². The summed E-state index contributed by atoms with van der Waals surface area (Å²) in [5, 5.41) is 3.05. The molecule has 1 atom stereocenters. The maximum atomic E-state index is 12.6. The van der Waals surface area contributed by atoms with Crippen molar-refractivity contribution >= 4 is 10.0 Å². The fourth-order valence-electron chi connectivity index (χ4n) is 2.59. The van der Waals surface area contributed by atoms with Crippen LogP contribution in [-0.2, 0) is 23.6 Å². The molecule has 2 rings (SSSR count). The summed E-state index contributed by atoms with van der Waals surface area (Å²) in [5.41, 5.74) is 0.978. The molecule has 0 amide bonds. The van der Waals surface area contributed by atoms with Crippen LogP contribution >= 0.6 is 0 Å². The summed E-state index contributed by atoms with van der Waals surface area (Å²) < 4.78 is 28.7. The molecule has 5 nitrogen and oxygen atoms in total. The average molecular weight is 285 g/mol. The number of nitrogens with one attached hydrogen (secondary N) is 1. The van der Waals surface area contributed by atoms with Gasteiger partial charge in [0.2, 0.25) is 10.0 Å². The molecule has 108 valence electrons. The zero-order valence-corrected chi connectivity index (χ0v) is 12.7. The number of aryl methyl sites for hydroxylation is 1. The van der Waals surface area contributed by atoms with Crippen LogP contribution in [0.4, 0.5) is 0 Å². The van der Waals surface area contributed by atoms with Gasteiger partial charge in [-0.15, -0.1) is 0 Å². The minimum Gasteiger partial charge on any atom is -0.352 e. The Morgan fingerprint density at radius 3 is 2.84 bits per heavy atom. The number of nitrogens with zero attached hydrogens (tertiary/aromatic N) is 2. The predicted molar refractivity (Wildman–Crippen MR) is 75.3 cm³/mol. The van der Waals surface area contributed by atoms with Gasteiger partial charge in [-0.25, -0.2) is 8.42 Å². The van der Waals surface area contributed by atoms with Crippen molar-refractivity contribution in [3.05, 3.63) is 18.0 Å². The van der Waals surface area contributed by atoms with Crippen molar-refractivity contribution < 1.29 is 8.42 Å². The predicted octanol–water partition coefficient (Wildman–Crippen LogP) is 1.17. The molecule has 1 aliphatic heterocycles. The molecule has 1 N–H and O–H groups in total. The molecule has 1 saturated heterocycles. The van der Waals surface area contributed by atoms with E-state index in [0.29, 0.717) is 30.4 Å². The fourth-order valence-corrected chi connectivity index (χ4v) is 4.28. The molecule has 2 heterocycles. The van der Waals surface area contributed by atoms with Crippen molar-refractivity contribution in [3.8, 4) is 0 Å². The highest BCUT2D eigenvalue weighted by molar-refractivity contribution is 7.89. The number of sulfonamides is 1. The maximum Gasteiger partial charge on any atom is 0.244 e. The van der Waals surface area contributed by atoms with Crippen LogP contribution < -0.4 is 5.32 Å². The van der Waals surface area contributed by atoms with E-state index in [-0.39, 0.29) is 0 Å². The molecule has 1 unspecified atom stereocenters. The van der Waals surface area contributed by atoms with Gasteiger partial charge in [-0.2, -0.15) is 4.31 Å². The van der Waals surface area contributed by atoms with Crippen molar-refractivity contribution in [3.63, 3.8) is 0 Å². The second-order valence-corrected chi connectivity index (χ2v) is 7.36. The summed E-state index contributed by atoms with van der Waals surface area (Å²) >= 11 is 0. The third kappa shape index (κ3) is 3.01. The van der Waals surface area contributed by atoms with Gasteiger partial charge in [-0.3, -0.25) is 0 Å². The molecule has 0 aliphatic carbocycles. The second-order valence-electron chi connectivity index (χ2n) is 5.42. The molecular weight excluding hydrogens is 262 g/mol. The lowest BCUT2D eigenvalue weighted by atomic mass is 10.0. The van der Waals surface area contributed by atoms with Crippen molar-refractivity contribution in [1.29, 1.82) is 0 Å². The van der Waals surface area contributed by atoms with Crippen molar-refractivity contribution in [2.24, 2.45) is 13.0 Å². The first kappa shape index (κ1) is 14.6. The van der Waals surface area contributed by atoms with Crippen LogP contribution in [0.15, 0.2) is 17.2 Å². The Morgan fingerprint density at radius 2 is 2.21 bits per heavy atom. The SMILES string of the molecule is CNCc1cc(S(=O)(=O)N2CCCC(C)C2)cn1C. The Labute approximate surface area is 115 Å². The van der Waals surface area contributed by atoms with Crippen LogP contribution in [-0.4, -0.2) is 37.4 Å². The third-order valence-electron chi connectivity index (χ3n) is 3.70. The highest BCUT2D eigenvalue weighted by Gasteiger charge is 2.29. The van der Waals surface area contributed by atoms with Crippen molar-refractivity contribution in [2.75, 3.05) is 20.1 Å². The normalized spacial score (nSPS) is 21.7. The summed E-state index contributed by atoms with van der Waals surface area (Å²) in [4.78, 5) is 0.411. The molecule has 1 aromatic rings. The van der Waals surface area contributed by atoms with Gasteiger partial charge in [0.1, 0.15) is 4.90 Å². The zero-order chi connectivity index (χ0) is 14.0. The summed E-state index contributed by atoms with van der Waals surface area (Å²) in [5.74, 6) is 0.448. The van der Waals surface area contributed by atoms with Gasteiger partial charge >= 0.3 is 0 Å². The molecule has 0 bridgehead atoms. The largest absolute Gasteiger partial charge is 0.352 e. The van der Waals surface area contributed by atoms with E-state index in [4.69, 9.17) is 0 Å². The second kappa shape index (κ2) is 5.64. The molecule has 1 fully saturated rings. The van der Waals surface area contributed by atoms with Gasteiger partial charge in [0, 0.05) is 38.6 Å². The summed E-state index contributed by atoms with van der Waals surface area (Å²) in [6.45, 7) is 4.06. The van der Waals surface area contributed by atoms with Crippen LogP contribution in [0.5, 0.6) is 0 Å². The number of hydrogen-bond donors (Lipinski definition) is 1. The topological polar surface area (TPSA) is 54.3 Å². The third-order valence-corrected chi connectivity index (χ3v) is 5.53. The molecule has 0 saturated carbocycles. The molecule has 0 aromatic carbocycles. The Balaban J connectivity index is 2.26. The Morgan fingerprint density at radius 1 is 1.47 bits per heavy atom. The minimum absolute atomic E-state index is 0.411. The fraction of sp³-hybridized carbons (Fsp3) is 0.692. The van der Waals surface area contributed by atoms with E-state index in [2.05, 4.69) is 12.2 Å². The smallest absolute Gasteiger partial charge is 0.244 e. The van der Waals surface area contributed by atoms with Crippen LogP contribution in [0, 0.1) is 5.92 Å². The minimum atomic E-state index is -3.33. The molecule has 6 heteroatoms. The van der Waals surface area contributed by atoms with E-state index in [0.717, 1.165) is 18.5 Å². The molecule has 1 aromatic heterocycles. The number of rotatable bonds is 4. The molecular formula is C13H23N3O2S. The summed E-state index contributed by atoms with van der Waals surface area (Å²) in [6, 6.07) is 1.77. The number of piperidine rings is 1. The van der Waals surface area contributed by atoms with E-state index in [1.165, 1.54) is 0 Å². The number of hydrogen-bond acceptors (Lipinski definition) is 3. The first-order chi connectivity index (χ1) is 8.95. The Hall–Kier alpha value is -0.850. The van der Waals surface area contributed by atoms with E-state index in [1.807, 2.05) is 18.7 Å². The van der Waals surface area contributed by atoms with Crippen LogP contribution in [0.3, 0.4) is 0 Å². The van der Waals surface area contributed by atoms with Crippen molar-refractivity contribution in [1.82, 2.24) is 14.2 Å². The maximum absolute atomic E-state index is 12.6. The van der Waals surface area contributed by atoms with E-state index in [1.54, 1.807) is 16.6 Å². The van der Waals surface area contributed by atoms with Crippen LogP contribution in [0.25, 0.3) is 0 Å². The molecule has 1 aliphatic rings. The molecule has 0 spiro atoms. The zero-order valence-electron chi connectivity index (χ0n) is 11.9. The number of aromatic nitrogens is 1. The van der Waals surface area contributed by atoms with Gasteiger partial charge in [-0.05, 0) is 31.9 Å². The van der Waals surface area contributed by atoms with Gasteiger partial charge in [0.05, 0.1) is 0 Å². The van der Waals surface area contributed by atoms with E-state index < -0.39 is 10.0 Å². The Bertz CT molecular complexity index is 536. The highest BCUT2D eigenvalue weighted by Crippen LogP contribution is 2.24. The average Bonchev–Trinajstić information content (AvgIpc) is 2.72. The Kier molecular flexibility index (Phi) is 4.32. The van der Waals surface area contributed by atoms with Crippen molar-refractivity contribution in [2.45, 2.75) is 31.2 Å². The summed E-state index contributed by atoms with van der Waals surface area (Å²) in [6.07, 6.45) is 3.78. The monoisotopic (exact) mass is 285 g/mol. The van der Waals surface area contributed by atoms with Crippen LogP contribution in [0.2, 0.25) is 0 Å². The van der Waals surface area contributed by atoms with Gasteiger partial charge in [0.25, 0.3) is 0 Å². The quantitative estimate of drug-likeness (QED) is 0.903. The first-order valence-corrected chi connectivity index (χ1v) is 8.19. The molecule has 0 radical (unpaired) electrons. The molecule has 19 heavy (non-hydrogen) atoms. The lowest BCUT2D eigenvalue weighted by molar-refractivity contribution is 0.281. The summed E-state index contributed by atoms with van der Waals surface area (Å²) in [7, 11) is 0.404.